The number of nitrogen functional groups attached to an aromatic ring is 1. The molecule has 0 saturated heterocycles. The number of hydrogen-bond donors (Lipinski definition) is 1. The van der Waals surface area contributed by atoms with Crippen LogP contribution in [0.2, 0.25) is 5.02 Å². The van der Waals surface area contributed by atoms with Crippen LogP contribution in [0.15, 0.2) is 18.2 Å². The van der Waals surface area contributed by atoms with Gasteiger partial charge >= 0.3 is 5.97 Å². The number of halogens is 1. The van der Waals surface area contributed by atoms with Crippen molar-refractivity contribution < 1.29 is 17.9 Å². The number of anilines is 1. The second-order valence-electron chi connectivity index (χ2n) is 4.48. The smallest absolute Gasteiger partial charge is 0.306 e. The fourth-order valence-electron chi connectivity index (χ4n) is 1.66. The first-order valence-corrected chi connectivity index (χ1v) is 8.38. The lowest BCUT2D eigenvalue weighted by Gasteiger charge is -2.18. The first-order valence-electron chi connectivity index (χ1n) is 6.39. The van der Waals surface area contributed by atoms with Gasteiger partial charge in [-0.3, -0.25) is 4.79 Å². The van der Waals surface area contributed by atoms with Crippen LogP contribution >= 0.6 is 11.6 Å². The summed E-state index contributed by atoms with van der Waals surface area (Å²) in [5.74, 6) is -0.834. The van der Waals surface area contributed by atoms with Crippen molar-refractivity contribution in [2.45, 2.75) is 19.9 Å². The van der Waals surface area contributed by atoms with Crippen molar-refractivity contribution in [1.82, 2.24) is 4.31 Å². The molecule has 0 saturated carbocycles. The van der Waals surface area contributed by atoms with Crippen LogP contribution in [0, 0.1) is 0 Å². The monoisotopic (exact) mass is 334 g/mol. The van der Waals surface area contributed by atoms with Gasteiger partial charge in [-0.05, 0) is 30.7 Å². The van der Waals surface area contributed by atoms with Crippen molar-refractivity contribution in [2.75, 3.05) is 25.1 Å². The highest BCUT2D eigenvalue weighted by atomic mass is 35.5. The molecule has 0 radical (unpaired) electrons. The van der Waals surface area contributed by atoms with Crippen LogP contribution in [0.4, 0.5) is 5.69 Å². The van der Waals surface area contributed by atoms with Crippen LogP contribution in [0.5, 0.6) is 0 Å². The first kappa shape index (κ1) is 17.7. The van der Waals surface area contributed by atoms with E-state index < -0.39 is 16.0 Å². The third-order valence-electron chi connectivity index (χ3n) is 2.81. The van der Waals surface area contributed by atoms with E-state index in [1.54, 1.807) is 25.1 Å². The summed E-state index contributed by atoms with van der Waals surface area (Å²) >= 11 is 6.01. The van der Waals surface area contributed by atoms with Crippen molar-refractivity contribution in [2.24, 2.45) is 0 Å². The van der Waals surface area contributed by atoms with E-state index in [0.717, 1.165) is 4.31 Å². The Labute approximate surface area is 129 Å². The van der Waals surface area contributed by atoms with Gasteiger partial charge in [-0.2, -0.15) is 0 Å². The highest BCUT2D eigenvalue weighted by Crippen LogP contribution is 2.21. The Hall–Kier alpha value is -1.31. The zero-order chi connectivity index (χ0) is 16.0. The van der Waals surface area contributed by atoms with Crippen LogP contribution in [-0.4, -0.2) is 38.1 Å². The molecule has 0 aliphatic carbocycles. The average Bonchev–Trinajstić information content (AvgIpc) is 2.41. The SMILES string of the molecule is CCOC(=O)CCS(=O)(=O)N(C)Cc1cc(N)ccc1Cl. The van der Waals surface area contributed by atoms with Crippen LogP contribution in [-0.2, 0) is 26.1 Å². The standard InChI is InChI=1S/C13H19ClN2O4S/c1-3-20-13(17)6-7-21(18,19)16(2)9-10-8-11(15)4-5-12(10)14/h4-5,8H,3,6-7,9,15H2,1-2H3. The van der Waals surface area contributed by atoms with Gasteiger partial charge in [0.25, 0.3) is 0 Å². The lowest BCUT2D eigenvalue weighted by molar-refractivity contribution is -0.142. The molecule has 0 amide bonds. The van der Waals surface area contributed by atoms with Crippen LogP contribution < -0.4 is 5.73 Å². The molecule has 0 aliphatic heterocycles. The summed E-state index contributed by atoms with van der Waals surface area (Å²) in [4.78, 5) is 11.2. The zero-order valence-corrected chi connectivity index (χ0v) is 13.6. The van der Waals surface area contributed by atoms with Crippen LogP contribution in [0.1, 0.15) is 18.9 Å². The van der Waals surface area contributed by atoms with E-state index in [1.807, 2.05) is 0 Å². The second-order valence-corrected chi connectivity index (χ2v) is 7.08. The summed E-state index contributed by atoms with van der Waals surface area (Å²) < 4.78 is 30.0. The molecule has 1 aromatic rings. The van der Waals surface area contributed by atoms with E-state index >= 15 is 0 Å². The van der Waals surface area contributed by atoms with Gasteiger partial charge < -0.3 is 10.5 Å². The molecule has 0 unspecified atom stereocenters. The number of nitrogens with zero attached hydrogens (tertiary/aromatic N) is 1. The van der Waals surface area contributed by atoms with Crippen molar-refractivity contribution in [1.29, 1.82) is 0 Å². The zero-order valence-electron chi connectivity index (χ0n) is 12.0. The van der Waals surface area contributed by atoms with Crippen molar-refractivity contribution in [3.63, 3.8) is 0 Å². The average molecular weight is 335 g/mol. The molecule has 118 valence electrons. The minimum atomic E-state index is -3.57. The van der Waals surface area contributed by atoms with Crippen LogP contribution in [0.3, 0.4) is 0 Å². The van der Waals surface area contributed by atoms with E-state index in [1.165, 1.54) is 7.05 Å². The Balaban J connectivity index is 2.71. The third kappa shape index (κ3) is 5.53. The fraction of sp³-hybridized carbons (Fsp3) is 0.462. The largest absolute Gasteiger partial charge is 0.466 e. The maximum absolute atomic E-state index is 12.1. The molecular formula is C13H19ClN2O4S. The highest BCUT2D eigenvalue weighted by Gasteiger charge is 2.20. The van der Waals surface area contributed by atoms with Gasteiger partial charge in [0, 0.05) is 24.3 Å². The molecule has 0 heterocycles. The minimum absolute atomic E-state index is 0.0923. The summed E-state index contributed by atoms with van der Waals surface area (Å²) in [6.07, 6.45) is -0.175. The summed E-state index contributed by atoms with van der Waals surface area (Å²) in [6.45, 7) is 1.99. The maximum Gasteiger partial charge on any atom is 0.306 e. The van der Waals surface area contributed by atoms with Crippen molar-refractivity contribution >= 4 is 33.3 Å². The van der Waals surface area contributed by atoms with Gasteiger partial charge in [-0.1, -0.05) is 11.6 Å². The van der Waals surface area contributed by atoms with E-state index in [-0.39, 0.29) is 25.3 Å². The number of esters is 1. The van der Waals surface area contributed by atoms with E-state index in [4.69, 9.17) is 22.1 Å². The highest BCUT2D eigenvalue weighted by molar-refractivity contribution is 7.89. The number of rotatable bonds is 7. The molecule has 2 N–H and O–H groups in total. The first-order chi connectivity index (χ1) is 9.76. The summed E-state index contributed by atoms with van der Waals surface area (Å²) in [7, 11) is -2.14. The number of benzene rings is 1. The third-order valence-corrected chi connectivity index (χ3v) is 4.97. The van der Waals surface area contributed by atoms with Crippen molar-refractivity contribution in [3.05, 3.63) is 28.8 Å². The summed E-state index contributed by atoms with van der Waals surface area (Å²) in [6, 6.07) is 4.88. The minimum Gasteiger partial charge on any atom is -0.466 e. The second kappa shape index (κ2) is 7.63. The maximum atomic E-state index is 12.1. The molecule has 0 spiro atoms. The molecule has 8 heteroatoms. The number of carbonyl (C=O) groups is 1. The van der Waals surface area contributed by atoms with Gasteiger partial charge in [-0.15, -0.1) is 0 Å². The molecule has 0 bridgehead atoms. The molecule has 0 atom stereocenters. The number of hydrogen-bond acceptors (Lipinski definition) is 5. The summed E-state index contributed by atoms with van der Waals surface area (Å²) in [5, 5.41) is 0.441. The molecule has 1 aromatic carbocycles. The van der Waals surface area contributed by atoms with Crippen LogP contribution in [0.25, 0.3) is 0 Å². The Morgan fingerprint density at radius 1 is 1.43 bits per heavy atom. The number of carbonyl (C=O) groups excluding carboxylic acids is 1. The molecule has 0 fully saturated rings. The molecule has 6 nitrogen and oxygen atoms in total. The lowest BCUT2D eigenvalue weighted by atomic mass is 10.2. The van der Waals surface area contributed by atoms with E-state index in [9.17, 15) is 13.2 Å². The quantitative estimate of drug-likeness (QED) is 0.604. The predicted molar refractivity (Wildman–Crippen MR) is 82.4 cm³/mol. The molecular weight excluding hydrogens is 316 g/mol. The molecule has 0 aliphatic rings. The molecule has 21 heavy (non-hydrogen) atoms. The molecule has 1 rings (SSSR count). The molecule has 0 aromatic heterocycles. The normalized spacial score (nSPS) is 11.6. The van der Waals surface area contributed by atoms with Gasteiger partial charge in [0.2, 0.25) is 10.0 Å². The van der Waals surface area contributed by atoms with Gasteiger partial charge in [0.15, 0.2) is 0 Å². The van der Waals surface area contributed by atoms with Gasteiger partial charge in [0.1, 0.15) is 0 Å². The fourth-order valence-corrected chi connectivity index (χ4v) is 2.90. The summed E-state index contributed by atoms with van der Waals surface area (Å²) in [5.41, 5.74) is 6.77. The number of nitrogens with two attached hydrogens (primary N) is 1. The van der Waals surface area contributed by atoms with Crippen molar-refractivity contribution in [3.8, 4) is 0 Å². The van der Waals surface area contributed by atoms with Gasteiger partial charge in [0.05, 0.1) is 18.8 Å². The Morgan fingerprint density at radius 3 is 2.71 bits per heavy atom. The van der Waals surface area contributed by atoms with Gasteiger partial charge in [-0.25, -0.2) is 12.7 Å². The lowest BCUT2D eigenvalue weighted by Crippen LogP contribution is -2.30. The number of sulfonamides is 1. The Bertz CT molecular complexity index is 604. The Kier molecular flexibility index (Phi) is 6.44. The van der Waals surface area contributed by atoms with E-state index in [2.05, 4.69) is 0 Å². The van der Waals surface area contributed by atoms with E-state index in [0.29, 0.717) is 16.3 Å². The Morgan fingerprint density at radius 2 is 2.10 bits per heavy atom. The predicted octanol–water partition coefficient (Wildman–Crippen LogP) is 1.64. The topological polar surface area (TPSA) is 89.7 Å². The number of ether oxygens (including phenoxy) is 1.